The number of aliphatic hydroxyl groups is 3. The molecular weight excluding hydrogens is 456 g/mol. The molecule has 0 aromatic carbocycles. The van der Waals surface area contributed by atoms with Crippen LogP contribution in [0.15, 0.2) is 23.3 Å². The van der Waals surface area contributed by atoms with Crippen LogP contribution in [0, 0.1) is 16.7 Å². The Labute approximate surface area is 204 Å². The summed E-state index contributed by atoms with van der Waals surface area (Å²) in [5.74, 6) is -2.94. The summed E-state index contributed by atoms with van der Waals surface area (Å²) in [6.07, 6.45) is 0.287. The second-order valence-electron chi connectivity index (χ2n) is 11.1. The van der Waals surface area contributed by atoms with Crippen molar-refractivity contribution >= 4 is 17.7 Å². The van der Waals surface area contributed by atoms with Crippen LogP contribution in [0.1, 0.15) is 53.9 Å². The fourth-order valence-corrected chi connectivity index (χ4v) is 7.32. The third-order valence-corrected chi connectivity index (χ3v) is 9.21. The molecule has 4 aliphatic rings. The lowest BCUT2D eigenvalue weighted by Crippen LogP contribution is -2.69. The number of rotatable bonds is 5. The summed E-state index contributed by atoms with van der Waals surface area (Å²) in [6, 6.07) is -1.17. The SMILES string of the molecule is CCCC(=O)O[C@@]12C[C@@H](N)[C@]34C=C(C)[C@H](OC(C)=O)[C@@]3(O)[C@H](O)C(CO)=C[C@H](C4=O)[C@]1(N)C2(C)C. The van der Waals surface area contributed by atoms with E-state index in [0.29, 0.717) is 12.0 Å². The number of hydrogen-bond acceptors (Lipinski definition) is 10. The van der Waals surface area contributed by atoms with E-state index in [0.717, 1.165) is 6.92 Å². The molecule has 2 bridgehead atoms. The molecule has 2 saturated carbocycles. The second-order valence-corrected chi connectivity index (χ2v) is 11.1. The zero-order valence-corrected chi connectivity index (χ0v) is 20.8. The van der Waals surface area contributed by atoms with Crippen molar-refractivity contribution in [2.45, 2.75) is 88.9 Å². The molecule has 2 fully saturated rings. The van der Waals surface area contributed by atoms with Crippen LogP contribution in [0.25, 0.3) is 0 Å². The van der Waals surface area contributed by atoms with Crippen LogP contribution in [0.3, 0.4) is 0 Å². The first-order valence-corrected chi connectivity index (χ1v) is 12.0. The minimum Gasteiger partial charge on any atom is -0.456 e. The topological polar surface area (TPSA) is 182 Å². The fourth-order valence-electron chi connectivity index (χ4n) is 7.32. The number of fused-ring (bicyclic) bond motifs is 3. The number of hydrogen-bond donors (Lipinski definition) is 5. The van der Waals surface area contributed by atoms with E-state index in [1.807, 2.05) is 6.92 Å². The highest BCUT2D eigenvalue weighted by atomic mass is 16.6. The number of carbonyl (C=O) groups is 3. The van der Waals surface area contributed by atoms with Crippen molar-refractivity contribution < 1.29 is 39.2 Å². The van der Waals surface area contributed by atoms with E-state index >= 15 is 0 Å². The fraction of sp³-hybridized carbons (Fsp3) is 0.720. The van der Waals surface area contributed by atoms with Gasteiger partial charge < -0.3 is 36.3 Å². The van der Waals surface area contributed by atoms with Crippen molar-refractivity contribution in [2.24, 2.45) is 28.2 Å². The Hall–Kier alpha value is -2.11. The molecule has 194 valence electrons. The lowest BCUT2D eigenvalue weighted by atomic mass is 9.61. The van der Waals surface area contributed by atoms with Crippen molar-refractivity contribution in [3.8, 4) is 0 Å². The van der Waals surface area contributed by atoms with Crippen LogP contribution in [-0.2, 0) is 23.9 Å². The maximum Gasteiger partial charge on any atom is 0.306 e. The number of Topliss-reactive ketones (excluding diaryl/α,β-unsaturated/α-hetero) is 1. The molecular formula is C25H36N2O8. The van der Waals surface area contributed by atoms with E-state index in [-0.39, 0.29) is 18.4 Å². The van der Waals surface area contributed by atoms with Gasteiger partial charge in [-0.05, 0) is 24.5 Å². The lowest BCUT2D eigenvalue weighted by Gasteiger charge is -2.48. The van der Waals surface area contributed by atoms with Gasteiger partial charge in [-0.3, -0.25) is 14.4 Å². The van der Waals surface area contributed by atoms with E-state index in [1.165, 1.54) is 12.2 Å². The Balaban J connectivity index is 1.99. The number of esters is 2. The molecule has 1 spiro atoms. The molecule has 0 amide bonds. The zero-order valence-electron chi connectivity index (χ0n) is 20.8. The standard InChI is InChI=1S/C25H36N2O8/c1-6-7-17(30)35-23-10-16(26)22-9-12(2)20(34-13(3)29)24(22,33)18(31)14(11-28)8-15(19(22)32)25(23,27)21(23,4)5/h8-9,15-16,18,20,28,31,33H,6-7,10-11,26-27H2,1-5H3/t15-,16-,18-,20+,22+,23-,24+,25+/m1/s1. The summed E-state index contributed by atoms with van der Waals surface area (Å²) in [6.45, 7) is 7.46. The monoisotopic (exact) mass is 492 g/mol. The van der Waals surface area contributed by atoms with Crippen LogP contribution in [0.4, 0.5) is 0 Å². The minimum atomic E-state index is -2.41. The Morgan fingerprint density at radius 1 is 1.29 bits per heavy atom. The van der Waals surface area contributed by atoms with Crippen molar-refractivity contribution in [2.75, 3.05) is 6.61 Å². The van der Waals surface area contributed by atoms with Crippen molar-refractivity contribution in [3.05, 3.63) is 23.3 Å². The number of carbonyl (C=O) groups excluding carboxylic acids is 3. The van der Waals surface area contributed by atoms with Gasteiger partial charge in [-0.25, -0.2) is 0 Å². The van der Waals surface area contributed by atoms with E-state index < -0.39 is 76.1 Å². The van der Waals surface area contributed by atoms with Gasteiger partial charge >= 0.3 is 11.9 Å². The van der Waals surface area contributed by atoms with Gasteiger partial charge in [0.15, 0.2) is 17.5 Å². The van der Waals surface area contributed by atoms with Gasteiger partial charge in [-0.1, -0.05) is 32.9 Å². The van der Waals surface area contributed by atoms with Gasteiger partial charge in [-0.2, -0.15) is 0 Å². The summed E-state index contributed by atoms with van der Waals surface area (Å²) in [4.78, 5) is 39.1. The van der Waals surface area contributed by atoms with Crippen LogP contribution in [0.2, 0.25) is 0 Å². The average molecular weight is 493 g/mol. The predicted octanol–water partition coefficient (Wildman–Crippen LogP) is -0.376. The van der Waals surface area contributed by atoms with Gasteiger partial charge in [0.1, 0.15) is 11.7 Å². The van der Waals surface area contributed by atoms with Gasteiger partial charge in [-0.15, -0.1) is 0 Å². The molecule has 0 aromatic heterocycles. The minimum absolute atomic E-state index is 0.0524. The maximum atomic E-state index is 14.5. The largest absolute Gasteiger partial charge is 0.456 e. The van der Waals surface area contributed by atoms with Gasteiger partial charge in [0, 0.05) is 31.2 Å². The first-order chi connectivity index (χ1) is 16.1. The number of ether oxygens (including phenoxy) is 2. The molecule has 8 atom stereocenters. The summed E-state index contributed by atoms with van der Waals surface area (Å²) in [5.41, 5.74) is 6.01. The summed E-state index contributed by atoms with van der Waals surface area (Å²) >= 11 is 0. The molecule has 35 heavy (non-hydrogen) atoms. The first-order valence-electron chi connectivity index (χ1n) is 12.0. The average Bonchev–Trinajstić information content (AvgIpc) is 3.04. The summed E-state index contributed by atoms with van der Waals surface area (Å²) in [7, 11) is 0. The van der Waals surface area contributed by atoms with E-state index in [4.69, 9.17) is 20.9 Å². The smallest absolute Gasteiger partial charge is 0.306 e. The molecule has 0 saturated heterocycles. The lowest BCUT2D eigenvalue weighted by molar-refractivity contribution is -0.198. The van der Waals surface area contributed by atoms with Crippen molar-refractivity contribution in [3.63, 3.8) is 0 Å². The van der Waals surface area contributed by atoms with Gasteiger partial charge in [0.05, 0.1) is 23.5 Å². The molecule has 4 rings (SSSR count). The molecule has 10 nitrogen and oxygen atoms in total. The number of ketones is 1. The van der Waals surface area contributed by atoms with E-state index in [1.54, 1.807) is 20.8 Å². The number of nitrogens with two attached hydrogens (primary N) is 2. The molecule has 10 heteroatoms. The summed E-state index contributed by atoms with van der Waals surface area (Å²) < 4.78 is 11.4. The Morgan fingerprint density at radius 3 is 2.46 bits per heavy atom. The Kier molecular flexibility index (Phi) is 5.71. The first kappa shape index (κ1) is 26.0. The quantitative estimate of drug-likeness (QED) is 0.251. The van der Waals surface area contributed by atoms with E-state index in [9.17, 15) is 29.7 Å². The predicted molar refractivity (Wildman–Crippen MR) is 123 cm³/mol. The Morgan fingerprint density at radius 2 is 1.91 bits per heavy atom. The maximum absolute atomic E-state index is 14.5. The van der Waals surface area contributed by atoms with Crippen LogP contribution in [-0.4, -0.2) is 74.6 Å². The molecule has 7 N–H and O–H groups in total. The van der Waals surface area contributed by atoms with Crippen LogP contribution < -0.4 is 11.5 Å². The summed E-state index contributed by atoms with van der Waals surface area (Å²) in [5, 5.41) is 33.8. The molecule has 0 aromatic rings. The van der Waals surface area contributed by atoms with Gasteiger partial charge in [0.25, 0.3) is 0 Å². The van der Waals surface area contributed by atoms with Crippen molar-refractivity contribution in [1.29, 1.82) is 0 Å². The van der Waals surface area contributed by atoms with Crippen molar-refractivity contribution in [1.82, 2.24) is 0 Å². The molecule has 0 heterocycles. The van der Waals surface area contributed by atoms with Gasteiger partial charge in [0.2, 0.25) is 0 Å². The Bertz CT molecular complexity index is 1050. The second kappa shape index (κ2) is 7.69. The molecule has 0 radical (unpaired) electrons. The number of aliphatic hydroxyl groups excluding tert-OH is 2. The van der Waals surface area contributed by atoms with Crippen LogP contribution >= 0.6 is 0 Å². The molecule has 0 unspecified atom stereocenters. The third-order valence-electron chi connectivity index (χ3n) is 9.21. The van der Waals surface area contributed by atoms with E-state index in [2.05, 4.69) is 0 Å². The third kappa shape index (κ3) is 2.74. The highest BCUT2D eigenvalue weighted by molar-refractivity contribution is 5.98. The zero-order chi connectivity index (χ0) is 26.4. The van der Waals surface area contributed by atoms with Crippen LogP contribution in [0.5, 0.6) is 0 Å². The highest BCUT2D eigenvalue weighted by Crippen LogP contribution is 2.75. The molecule has 4 aliphatic carbocycles. The highest BCUT2D eigenvalue weighted by Gasteiger charge is 2.90. The molecule has 0 aliphatic heterocycles. The normalized spacial score (nSPS) is 45.3.